The van der Waals surface area contributed by atoms with E-state index in [1.807, 2.05) is 60.0 Å². The molecule has 0 aliphatic heterocycles. The Morgan fingerprint density at radius 3 is 2.61 bits per heavy atom. The minimum Gasteiger partial charge on any atom is -0.497 e. The minimum absolute atomic E-state index is 0.192. The Morgan fingerprint density at radius 1 is 1.14 bits per heavy atom. The molecule has 0 unspecified atom stereocenters. The van der Waals surface area contributed by atoms with Crippen LogP contribution in [0.5, 0.6) is 5.75 Å². The van der Waals surface area contributed by atoms with E-state index in [4.69, 9.17) is 4.74 Å². The molecule has 0 saturated heterocycles. The number of benzene rings is 1. The van der Waals surface area contributed by atoms with Crippen molar-refractivity contribution < 1.29 is 9.53 Å². The third-order valence-corrected chi connectivity index (χ3v) is 5.13. The van der Waals surface area contributed by atoms with Crippen LogP contribution in [-0.4, -0.2) is 27.8 Å². The predicted octanol–water partition coefficient (Wildman–Crippen LogP) is 3.93. The number of hydrogen-bond acceptors (Lipinski definition) is 5. The second-order valence-electron chi connectivity index (χ2n) is 6.04. The SMILES string of the molecule is COc1ccc(-n2nc(-c3cccs3)cc2C(=O)NCc2ccncc2)cc1. The van der Waals surface area contributed by atoms with Crippen molar-refractivity contribution in [3.8, 4) is 22.0 Å². The number of methoxy groups -OCH3 is 1. The molecular weight excluding hydrogens is 372 g/mol. The highest BCUT2D eigenvalue weighted by Gasteiger charge is 2.18. The van der Waals surface area contributed by atoms with Crippen molar-refractivity contribution in [3.63, 3.8) is 0 Å². The van der Waals surface area contributed by atoms with Gasteiger partial charge in [-0.2, -0.15) is 5.10 Å². The number of amides is 1. The highest BCUT2D eigenvalue weighted by Crippen LogP contribution is 2.26. The molecule has 0 fully saturated rings. The van der Waals surface area contributed by atoms with Gasteiger partial charge in [0.25, 0.3) is 5.91 Å². The first-order valence-corrected chi connectivity index (χ1v) is 9.58. The maximum absolute atomic E-state index is 12.9. The molecule has 6 nitrogen and oxygen atoms in total. The van der Waals surface area contributed by atoms with Gasteiger partial charge in [-0.3, -0.25) is 9.78 Å². The molecule has 3 aromatic heterocycles. The zero-order chi connectivity index (χ0) is 19.3. The third-order valence-electron chi connectivity index (χ3n) is 4.24. The molecule has 7 heteroatoms. The number of nitrogens with zero attached hydrogens (tertiary/aromatic N) is 3. The maximum atomic E-state index is 12.9. The van der Waals surface area contributed by atoms with Crippen LogP contribution in [0.15, 0.2) is 72.4 Å². The smallest absolute Gasteiger partial charge is 0.270 e. The lowest BCUT2D eigenvalue weighted by Crippen LogP contribution is -2.25. The molecule has 0 aliphatic carbocycles. The Balaban J connectivity index is 1.66. The van der Waals surface area contributed by atoms with Crippen molar-refractivity contribution in [3.05, 3.63) is 83.6 Å². The maximum Gasteiger partial charge on any atom is 0.270 e. The number of thiophene rings is 1. The van der Waals surface area contributed by atoms with Gasteiger partial charge in [-0.05, 0) is 59.5 Å². The van der Waals surface area contributed by atoms with Crippen molar-refractivity contribution in [1.82, 2.24) is 20.1 Å². The largest absolute Gasteiger partial charge is 0.497 e. The van der Waals surface area contributed by atoms with Gasteiger partial charge >= 0.3 is 0 Å². The second kappa shape index (κ2) is 8.06. The van der Waals surface area contributed by atoms with Crippen LogP contribution >= 0.6 is 11.3 Å². The number of carbonyl (C=O) groups is 1. The molecule has 0 radical (unpaired) electrons. The van der Waals surface area contributed by atoms with Crippen LogP contribution in [0, 0.1) is 0 Å². The molecule has 4 rings (SSSR count). The summed E-state index contributed by atoms with van der Waals surface area (Å²) in [4.78, 5) is 17.9. The number of aromatic nitrogens is 3. The topological polar surface area (TPSA) is 69.0 Å². The summed E-state index contributed by atoms with van der Waals surface area (Å²) in [5.74, 6) is 0.556. The molecule has 0 spiro atoms. The van der Waals surface area contributed by atoms with Gasteiger partial charge in [-0.25, -0.2) is 4.68 Å². The molecule has 140 valence electrons. The quantitative estimate of drug-likeness (QED) is 0.542. The number of rotatable bonds is 6. The summed E-state index contributed by atoms with van der Waals surface area (Å²) in [6.07, 6.45) is 3.41. The number of nitrogens with one attached hydrogen (secondary N) is 1. The highest BCUT2D eigenvalue weighted by atomic mass is 32.1. The molecule has 0 bridgehead atoms. The Labute approximate surface area is 166 Å². The van der Waals surface area contributed by atoms with Crippen LogP contribution in [-0.2, 0) is 6.54 Å². The van der Waals surface area contributed by atoms with Gasteiger partial charge in [0.15, 0.2) is 0 Å². The minimum atomic E-state index is -0.192. The second-order valence-corrected chi connectivity index (χ2v) is 6.99. The monoisotopic (exact) mass is 390 g/mol. The number of ether oxygens (including phenoxy) is 1. The fourth-order valence-electron chi connectivity index (χ4n) is 2.78. The van der Waals surface area contributed by atoms with E-state index in [0.717, 1.165) is 27.6 Å². The van der Waals surface area contributed by atoms with E-state index in [1.165, 1.54) is 0 Å². The average Bonchev–Trinajstić information content (AvgIpc) is 3.43. The molecule has 0 saturated carbocycles. The van der Waals surface area contributed by atoms with Crippen LogP contribution in [0.2, 0.25) is 0 Å². The van der Waals surface area contributed by atoms with Gasteiger partial charge < -0.3 is 10.1 Å². The Morgan fingerprint density at radius 2 is 1.93 bits per heavy atom. The van der Waals surface area contributed by atoms with Gasteiger partial charge in [0.1, 0.15) is 17.1 Å². The van der Waals surface area contributed by atoms with E-state index in [-0.39, 0.29) is 5.91 Å². The standard InChI is InChI=1S/C21H18N4O2S/c1-27-17-6-4-16(5-7-17)25-19(13-18(24-25)20-3-2-12-28-20)21(26)23-14-15-8-10-22-11-9-15/h2-13H,14H2,1H3,(H,23,26). The van der Waals surface area contributed by atoms with E-state index >= 15 is 0 Å². The molecule has 1 amide bonds. The Kier molecular flexibility index (Phi) is 5.16. The van der Waals surface area contributed by atoms with Crippen LogP contribution in [0.3, 0.4) is 0 Å². The summed E-state index contributed by atoms with van der Waals surface area (Å²) in [5.41, 5.74) is 3.01. The fourth-order valence-corrected chi connectivity index (χ4v) is 3.46. The van der Waals surface area contributed by atoms with E-state index in [2.05, 4.69) is 15.4 Å². The summed E-state index contributed by atoms with van der Waals surface area (Å²) in [5, 5.41) is 9.62. The van der Waals surface area contributed by atoms with Crippen LogP contribution in [0.1, 0.15) is 16.1 Å². The Bertz CT molecular complexity index is 1060. The summed E-state index contributed by atoms with van der Waals surface area (Å²) in [7, 11) is 1.62. The van der Waals surface area contributed by atoms with Gasteiger partial charge in [0.2, 0.25) is 0 Å². The Hall–Kier alpha value is -3.45. The molecule has 1 aromatic carbocycles. The first kappa shape index (κ1) is 17.9. The summed E-state index contributed by atoms with van der Waals surface area (Å²) in [6, 6.07) is 17.0. The average molecular weight is 390 g/mol. The van der Waals surface area contributed by atoms with E-state index in [1.54, 1.807) is 35.5 Å². The summed E-state index contributed by atoms with van der Waals surface area (Å²) >= 11 is 1.59. The lowest BCUT2D eigenvalue weighted by Gasteiger charge is -2.09. The van der Waals surface area contributed by atoms with Crippen molar-refractivity contribution in [2.75, 3.05) is 7.11 Å². The molecule has 3 heterocycles. The van der Waals surface area contributed by atoms with Crippen molar-refractivity contribution in [1.29, 1.82) is 0 Å². The van der Waals surface area contributed by atoms with E-state index in [0.29, 0.717) is 12.2 Å². The fraction of sp³-hybridized carbons (Fsp3) is 0.0952. The number of carbonyl (C=O) groups excluding carboxylic acids is 1. The van der Waals surface area contributed by atoms with Crippen molar-refractivity contribution in [2.45, 2.75) is 6.54 Å². The predicted molar refractivity (Wildman–Crippen MR) is 109 cm³/mol. The molecular formula is C21H18N4O2S. The van der Waals surface area contributed by atoms with Gasteiger partial charge in [-0.1, -0.05) is 6.07 Å². The number of pyridine rings is 1. The molecule has 1 N–H and O–H groups in total. The zero-order valence-electron chi connectivity index (χ0n) is 15.2. The molecule has 28 heavy (non-hydrogen) atoms. The first-order valence-electron chi connectivity index (χ1n) is 8.70. The third kappa shape index (κ3) is 3.79. The zero-order valence-corrected chi connectivity index (χ0v) is 16.0. The van der Waals surface area contributed by atoms with E-state index in [9.17, 15) is 4.79 Å². The van der Waals surface area contributed by atoms with E-state index < -0.39 is 0 Å². The van der Waals surface area contributed by atoms with Crippen LogP contribution in [0.25, 0.3) is 16.3 Å². The molecule has 0 atom stereocenters. The van der Waals surface area contributed by atoms with Gasteiger partial charge in [0.05, 0.1) is 17.7 Å². The number of hydrogen-bond donors (Lipinski definition) is 1. The summed E-state index contributed by atoms with van der Waals surface area (Å²) in [6.45, 7) is 0.420. The van der Waals surface area contributed by atoms with Crippen molar-refractivity contribution in [2.24, 2.45) is 0 Å². The van der Waals surface area contributed by atoms with Crippen LogP contribution < -0.4 is 10.1 Å². The lowest BCUT2D eigenvalue weighted by molar-refractivity contribution is 0.0943. The normalized spacial score (nSPS) is 10.6. The van der Waals surface area contributed by atoms with Gasteiger partial charge in [-0.15, -0.1) is 11.3 Å². The first-order chi connectivity index (χ1) is 13.7. The molecule has 0 aliphatic rings. The van der Waals surface area contributed by atoms with Gasteiger partial charge in [0, 0.05) is 18.9 Å². The highest BCUT2D eigenvalue weighted by molar-refractivity contribution is 7.13. The molecule has 4 aromatic rings. The van der Waals surface area contributed by atoms with Crippen LogP contribution in [0.4, 0.5) is 0 Å². The van der Waals surface area contributed by atoms with Crippen molar-refractivity contribution >= 4 is 17.2 Å². The summed E-state index contributed by atoms with van der Waals surface area (Å²) < 4.78 is 6.89. The lowest BCUT2D eigenvalue weighted by atomic mass is 10.2.